The molecule has 0 saturated heterocycles. The van der Waals surface area contributed by atoms with Crippen molar-refractivity contribution in [2.45, 2.75) is 12.6 Å². The van der Waals surface area contributed by atoms with Gasteiger partial charge >= 0.3 is 0 Å². The van der Waals surface area contributed by atoms with Crippen molar-refractivity contribution < 1.29 is 19.2 Å². The molecule has 0 radical (unpaired) electrons. The van der Waals surface area contributed by atoms with E-state index in [0.29, 0.717) is 0 Å². The number of rotatable bonds is 2. The van der Waals surface area contributed by atoms with Crippen LogP contribution in [0.25, 0.3) is 11.1 Å². The lowest BCUT2D eigenvalue weighted by Gasteiger charge is -2.27. The number of hydrogen-bond donors (Lipinski definition) is 0. The second-order valence-electron chi connectivity index (χ2n) is 4.50. The molecule has 2 unspecified atom stereocenters. The molecule has 1 aliphatic rings. The van der Waals surface area contributed by atoms with Crippen molar-refractivity contribution in [1.29, 1.82) is 0 Å². The molecule has 0 amide bonds. The van der Waals surface area contributed by atoms with Gasteiger partial charge in [0.05, 0.1) is 0 Å². The van der Waals surface area contributed by atoms with E-state index >= 15 is 0 Å². The van der Waals surface area contributed by atoms with Gasteiger partial charge in [0.2, 0.25) is 12.6 Å². The quantitative estimate of drug-likeness (QED) is 0.783. The Kier molecular flexibility index (Phi) is 3.80. The van der Waals surface area contributed by atoms with E-state index in [4.69, 9.17) is 19.2 Å². The Labute approximate surface area is 117 Å². The SMILES string of the molecule is COC1OOC(OC)c2ccccc2-c2ccccc21. The summed E-state index contributed by atoms with van der Waals surface area (Å²) in [5, 5.41) is 0. The Bertz CT molecular complexity index is 543. The standard InChI is InChI=1S/C16H16O4/c1-17-15-13-9-5-3-7-11(13)12-8-4-6-10-14(12)16(18-2)20-19-15/h3-10,15-16H,1-2H3. The number of hydrogen-bond acceptors (Lipinski definition) is 4. The lowest BCUT2D eigenvalue weighted by atomic mass is 9.94. The Morgan fingerprint density at radius 1 is 0.700 bits per heavy atom. The molecule has 2 aromatic rings. The first-order valence-corrected chi connectivity index (χ1v) is 6.41. The first-order chi connectivity index (χ1) is 9.85. The molecule has 104 valence electrons. The highest BCUT2D eigenvalue weighted by Crippen LogP contribution is 2.39. The number of benzene rings is 2. The molecule has 1 aliphatic heterocycles. The molecule has 1 heterocycles. The predicted octanol–water partition coefficient (Wildman–Crippen LogP) is 3.61. The highest BCUT2D eigenvalue weighted by Gasteiger charge is 2.26. The maximum Gasteiger partial charge on any atom is 0.217 e. The highest BCUT2D eigenvalue weighted by atomic mass is 17.2. The van der Waals surface area contributed by atoms with Gasteiger partial charge in [-0.15, -0.1) is 0 Å². The highest BCUT2D eigenvalue weighted by molar-refractivity contribution is 5.71. The molecule has 0 bridgehead atoms. The Morgan fingerprint density at radius 2 is 1.10 bits per heavy atom. The van der Waals surface area contributed by atoms with Gasteiger partial charge in [-0.05, 0) is 11.1 Å². The monoisotopic (exact) mass is 272 g/mol. The van der Waals surface area contributed by atoms with Crippen molar-refractivity contribution in [3.05, 3.63) is 59.7 Å². The molecule has 0 N–H and O–H groups in total. The molecule has 0 fully saturated rings. The van der Waals surface area contributed by atoms with Crippen molar-refractivity contribution >= 4 is 0 Å². The third kappa shape index (κ3) is 2.23. The zero-order chi connectivity index (χ0) is 13.9. The van der Waals surface area contributed by atoms with E-state index in [1.54, 1.807) is 14.2 Å². The van der Waals surface area contributed by atoms with Crippen LogP contribution >= 0.6 is 0 Å². The van der Waals surface area contributed by atoms with E-state index in [0.717, 1.165) is 22.3 Å². The van der Waals surface area contributed by atoms with Gasteiger partial charge in [0.25, 0.3) is 0 Å². The molecule has 0 saturated carbocycles. The summed E-state index contributed by atoms with van der Waals surface area (Å²) >= 11 is 0. The third-order valence-corrected chi connectivity index (χ3v) is 3.38. The van der Waals surface area contributed by atoms with Crippen molar-refractivity contribution in [3.8, 4) is 11.1 Å². The zero-order valence-corrected chi connectivity index (χ0v) is 11.4. The Hall–Kier alpha value is -1.72. The van der Waals surface area contributed by atoms with Crippen molar-refractivity contribution in [2.75, 3.05) is 14.2 Å². The number of methoxy groups -OCH3 is 2. The van der Waals surface area contributed by atoms with Crippen LogP contribution in [-0.4, -0.2) is 14.2 Å². The summed E-state index contributed by atoms with van der Waals surface area (Å²) in [5.41, 5.74) is 3.97. The van der Waals surface area contributed by atoms with Crippen LogP contribution in [0.1, 0.15) is 23.7 Å². The van der Waals surface area contributed by atoms with E-state index in [9.17, 15) is 0 Å². The van der Waals surface area contributed by atoms with Crippen molar-refractivity contribution in [2.24, 2.45) is 0 Å². The fourth-order valence-corrected chi connectivity index (χ4v) is 2.43. The van der Waals surface area contributed by atoms with Crippen LogP contribution in [-0.2, 0) is 19.2 Å². The Morgan fingerprint density at radius 3 is 1.50 bits per heavy atom. The largest absolute Gasteiger partial charge is 0.349 e. The molecule has 20 heavy (non-hydrogen) atoms. The molecule has 2 aromatic carbocycles. The number of fused-ring (bicyclic) bond motifs is 3. The molecule has 4 nitrogen and oxygen atoms in total. The summed E-state index contributed by atoms with van der Waals surface area (Å²) in [7, 11) is 3.17. The Balaban J connectivity index is 2.22. The summed E-state index contributed by atoms with van der Waals surface area (Å²) in [5.74, 6) is 0. The summed E-state index contributed by atoms with van der Waals surface area (Å²) in [4.78, 5) is 10.7. The smallest absolute Gasteiger partial charge is 0.217 e. The van der Waals surface area contributed by atoms with Gasteiger partial charge in [-0.2, -0.15) is 9.78 Å². The van der Waals surface area contributed by atoms with Crippen molar-refractivity contribution in [3.63, 3.8) is 0 Å². The molecule has 4 heteroatoms. The van der Waals surface area contributed by atoms with E-state index in [2.05, 4.69) is 0 Å². The summed E-state index contributed by atoms with van der Waals surface area (Å²) in [6, 6.07) is 15.9. The summed E-state index contributed by atoms with van der Waals surface area (Å²) in [6.45, 7) is 0. The van der Waals surface area contributed by atoms with Crippen LogP contribution < -0.4 is 0 Å². The van der Waals surface area contributed by atoms with Gasteiger partial charge < -0.3 is 9.47 Å². The minimum Gasteiger partial charge on any atom is -0.349 e. The maximum absolute atomic E-state index is 5.37. The van der Waals surface area contributed by atoms with Gasteiger partial charge in [0.1, 0.15) is 0 Å². The minimum absolute atomic E-state index is 0.586. The zero-order valence-electron chi connectivity index (χ0n) is 11.4. The van der Waals surface area contributed by atoms with Crippen LogP contribution in [0, 0.1) is 0 Å². The second kappa shape index (κ2) is 5.73. The molecule has 0 aliphatic carbocycles. The van der Waals surface area contributed by atoms with E-state index in [1.165, 1.54) is 0 Å². The van der Waals surface area contributed by atoms with E-state index in [1.807, 2.05) is 48.5 Å². The molecular formula is C16H16O4. The molecule has 0 spiro atoms. The molecule has 2 atom stereocenters. The van der Waals surface area contributed by atoms with E-state index < -0.39 is 12.6 Å². The topological polar surface area (TPSA) is 36.9 Å². The van der Waals surface area contributed by atoms with E-state index in [-0.39, 0.29) is 0 Å². The van der Waals surface area contributed by atoms with Gasteiger partial charge in [0.15, 0.2) is 0 Å². The minimum atomic E-state index is -0.586. The normalized spacial score (nSPS) is 21.5. The second-order valence-corrected chi connectivity index (χ2v) is 4.50. The van der Waals surface area contributed by atoms with Gasteiger partial charge in [-0.3, -0.25) is 0 Å². The summed E-state index contributed by atoms with van der Waals surface area (Å²) in [6.07, 6.45) is -1.17. The van der Waals surface area contributed by atoms with Crippen LogP contribution in [0.5, 0.6) is 0 Å². The molecule has 0 aromatic heterocycles. The average Bonchev–Trinajstić information content (AvgIpc) is 2.50. The lowest BCUT2D eigenvalue weighted by molar-refractivity contribution is -0.437. The lowest BCUT2D eigenvalue weighted by Crippen LogP contribution is -2.17. The molecule has 3 rings (SSSR count). The van der Waals surface area contributed by atoms with Crippen molar-refractivity contribution in [1.82, 2.24) is 0 Å². The summed E-state index contributed by atoms with van der Waals surface area (Å²) < 4.78 is 10.7. The van der Waals surface area contributed by atoms with Gasteiger partial charge in [0, 0.05) is 25.3 Å². The average molecular weight is 272 g/mol. The number of ether oxygens (including phenoxy) is 2. The van der Waals surface area contributed by atoms with Crippen LogP contribution in [0.15, 0.2) is 48.5 Å². The van der Waals surface area contributed by atoms with Gasteiger partial charge in [-0.25, -0.2) is 0 Å². The van der Waals surface area contributed by atoms with Crippen LogP contribution in [0.4, 0.5) is 0 Å². The fraction of sp³-hybridized carbons (Fsp3) is 0.250. The van der Waals surface area contributed by atoms with Gasteiger partial charge in [-0.1, -0.05) is 48.5 Å². The third-order valence-electron chi connectivity index (χ3n) is 3.38. The predicted molar refractivity (Wildman–Crippen MR) is 73.5 cm³/mol. The fourth-order valence-electron chi connectivity index (χ4n) is 2.43. The first-order valence-electron chi connectivity index (χ1n) is 6.41. The first kappa shape index (κ1) is 13.3. The molecular weight excluding hydrogens is 256 g/mol. The van der Waals surface area contributed by atoms with Crippen LogP contribution in [0.2, 0.25) is 0 Å². The van der Waals surface area contributed by atoms with Crippen LogP contribution in [0.3, 0.4) is 0 Å². The maximum atomic E-state index is 5.37.